The zero-order valence-electron chi connectivity index (χ0n) is 24.4. The second-order valence-electron chi connectivity index (χ2n) is 11.2. The van der Waals surface area contributed by atoms with E-state index in [9.17, 15) is 14.0 Å². The van der Waals surface area contributed by atoms with E-state index in [1.807, 2.05) is 52.0 Å². The third-order valence-electron chi connectivity index (χ3n) is 7.01. The average molecular weight is 579 g/mol. The lowest BCUT2D eigenvalue weighted by Crippen LogP contribution is -2.42. The Balaban J connectivity index is 1.70. The third kappa shape index (κ3) is 5.42. The Hall–Kier alpha value is -3.86. The first-order valence-electron chi connectivity index (χ1n) is 13.7. The molecule has 0 N–H and O–H groups in total. The number of aryl methyl sites for hydroxylation is 2. The van der Waals surface area contributed by atoms with Crippen LogP contribution in [0.15, 0.2) is 52.4 Å². The number of amides is 1. The minimum Gasteiger partial charge on any atom is -0.444 e. The molecule has 0 saturated carbocycles. The fraction of sp³-hybridized carbons (Fsp3) is 0.400. The first-order valence-corrected chi connectivity index (χ1v) is 14.7. The van der Waals surface area contributed by atoms with Crippen LogP contribution in [0.5, 0.6) is 0 Å². The maximum Gasteiger partial charge on any atom is 0.410 e. The van der Waals surface area contributed by atoms with E-state index in [4.69, 9.17) is 9.84 Å². The van der Waals surface area contributed by atoms with E-state index < -0.39 is 17.7 Å². The first kappa shape index (κ1) is 28.7. The van der Waals surface area contributed by atoms with Gasteiger partial charge in [0.15, 0.2) is 5.82 Å². The Bertz CT molecular complexity index is 1660. The normalized spacial score (nSPS) is 15.2. The van der Waals surface area contributed by atoms with Crippen LogP contribution in [0, 0.1) is 19.7 Å². The van der Waals surface area contributed by atoms with Crippen molar-refractivity contribution in [2.45, 2.75) is 71.4 Å². The highest BCUT2D eigenvalue weighted by Crippen LogP contribution is 2.36. The van der Waals surface area contributed by atoms with E-state index in [0.717, 1.165) is 21.9 Å². The Labute approximate surface area is 242 Å². The summed E-state index contributed by atoms with van der Waals surface area (Å²) in [7, 11) is 0. The van der Waals surface area contributed by atoms with Crippen molar-refractivity contribution >= 4 is 17.9 Å². The van der Waals surface area contributed by atoms with Crippen LogP contribution in [0.3, 0.4) is 0 Å². The molecule has 41 heavy (non-hydrogen) atoms. The predicted octanol–water partition coefficient (Wildman–Crippen LogP) is 5.93. The fourth-order valence-corrected chi connectivity index (χ4v) is 5.89. The molecule has 1 atom stereocenters. The zero-order chi connectivity index (χ0) is 29.6. The second-order valence-corrected chi connectivity index (χ2v) is 12.6. The van der Waals surface area contributed by atoms with Crippen molar-refractivity contribution in [1.82, 2.24) is 29.0 Å². The lowest BCUT2D eigenvalue weighted by molar-refractivity contribution is 0.0159. The van der Waals surface area contributed by atoms with Crippen molar-refractivity contribution in [1.29, 1.82) is 0 Å². The van der Waals surface area contributed by atoms with Gasteiger partial charge in [-0.15, -0.1) is 11.8 Å². The first-order chi connectivity index (χ1) is 19.4. The van der Waals surface area contributed by atoms with Crippen molar-refractivity contribution in [2.75, 3.05) is 12.3 Å². The van der Waals surface area contributed by atoms with Gasteiger partial charge in [-0.2, -0.15) is 14.9 Å². The highest BCUT2D eigenvalue weighted by atomic mass is 32.2. The molecule has 0 spiro atoms. The third-order valence-corrected chi connectivity index (χ3v) is 7.89. The number of aromatic nitrogens is 5. The number of benzene rings is 2. The fourth-order valence-electron chi connectivity index (χ4n) is 5.18. The molecule has 0 fully saturated rings. The second kappa shape index (κ2) is 10.8. The molecule has 2 aromatic heterocycles. The molecule has 0 saturated heterocycles. The van der Waals surface area contributed by atoms with Crippen LogP contribution in [0.25, 0.3) is 17.2 Å². The Morgan fingerprint density at radius 2 is 1.83 bits per heavy atom. The highest BCUT2D eigenvalue weighted by molar-refractivity contribution is 7.99. The average Bonchev–Trinajstić information content (AvgIpc) is 3.47. The molecular formula is C30H35FN6O3S. The monoisotopic (exact) mass is 578 g/mol. The molecule has 1 amide bonds. The number of thioether (sulfide) groups is 1. The van der Waals surface area contributed by atoms with Gasteiger partial charge in [-0.05, 0) is 88.8 Å². The van der Waals surface area contributed by atoms with Gasteiger partial charge >= 0.3 is 11.8 Å². The molecule has 0 aliphatic carbocycles. The van der Waals surface area contributed by atoms with Crippen molar-refractivity contribution in [3.05, 3.63) is 81.4 Å². The highest BCUT2D eigenvalue weighted by Gasteiger charge is 2.37. The van der Waals surface area contributed by atoms with E-state index in [1.165, 1.54) is 15.6 Å². The van der Waals surface area contributed by atoms with Gasteiger partial charge < -0.3 is 9.64 Å². The lowest BCUT2D eigenvalue weighted by atomic mass is 10.00. The summed E-state index contributed by atoms with van der Waals surface area (Å²) in [6, 6.07) is 10.6. The van der Waals surface area contributed by atoms with E-state index >= 15 is 0 Å². The number of fused-ring (bicyclic) bond motifs is 1. The van der Waals surface area contributed by atoms with Crippen LogP contribution in [0.1, 0.15) is 63.0 Å². The van der Waals surface area contributed by atoms with Crippen molar-refractivity contribution < 1.29 is 13.9 Å². The topological polar surface area (TPSA) is 87.2 Å². The molecule has 2 aromatic carbocycles. The van der Waals surface area contributed by atoms with Crippen molar-refractivity contribution in [2.24, 2.45) is 0 Å². The molecule has 0 bridgehead atoms. The van der Waals surface area contributed by atoms with Gasteiger partial charge in [-0.3, -0.25) is 0 Å². The number of hydrogen-bond acceptors (Lipinski definition) is 6. The number of halogens is 1. The molecule has 3 heterocycles. The number of hydrogen-bond donors (Lipinski definition) is 0. The van der Waals surface area contributed by atoms with Gasteiger partial charge in [0, 0.05) is 23.4 Å². The van der Waals surface area contributed by atoms with E-state index in [0.29, 0.717) is 41.3 Å². The number of ether oxygens (including phenoxy) is 1. The van der Waals surface area contributed by atoms with E-state index in [2.05, 4.69) is 12.0 Å². The molecular weight excluding hydrogens is 543 g/mol. The van der Waals surface area contributed by atoms with E-state index in [-0.39, 0.29) is 11.5 Å². The minimum atomic E-state index is -0.657. The molecule has 1 aliphatic rings. The Kier molecular flexibility index (Phi) is 7.58. The van der Waals surface area contributed by atoms with E-state index in [1.54, 1.807) is 47.3 Å². The predicted molar refractivity (Wildman–Crippen MR) is 157 cm³/mol. The summed E-state index contributed by atoms with van der Waals surface area (Å²) in [5, 5.41) is 9.36. The van der Waals surface area contributed by atoms with Crippen LogP contribution in [0.4, 0.5) is 9.18 Å². The summed E-state index contributed by atoms with van der Waals surface area (Å²) < 4.78 is 24.8. The summed E-state index contributed by atoms with van der Waals surface area (Å²) in [5.74, 6) is 1.08. The zero-order valence-corrected chi connectivity index (χ0v) is 25.3. The molecule has 0 unspecified atom stereocenters. The molecule has 1 aliphatic heterocycles. The lowest BCUT2D eigenvalue weighted by Gasteiger charge is -2.34. The summed E-state index contributed by atoms with van der Waals surface area (Å²) in [6.07, 6.45) is 1.51. The number of rotatable bonds is 5. The summed E-state index contributed by atoms with van der Waals surface area (Å²) in [5.41, 5.74) is 2.63. The van der Waals surface area contributed by atoms with Crippen molar-refractivity contribution in [3.63, 3.8) is 0 Å². The van der Waals surface area contributed by atoms with Gasteiger partial charge in [-0.1, -0.05) is 13.0 Å². The minimum absolute atomic E-state index is 0.286. The quantitative estimate of drug-likeness (QED) is 0.273. The molecule has 0 radical (unpaired) electrons. The van der Waals surface area contributed by atoms with Gasteiger partial charge in [0.1, 0.15) is 17.7 Å². The van der Waals surface area contributed by atoms with Gasteiger partial charge in [0.25, 0.3) is 0 Å². The molecule has 11 heteroatoms. The Morgan fingerprint density at radius 1 is 1.12 bits per heavy atom. The summed E-state index contributed by atoms with van der Waals surface area (Å²) >= 11 is 1.68. The van der Waals surface area contributed by atoms with Gasteiger partial charge in [0.05, 0.1) is 23.1 Å². The van der Waals surface area contributed by atoms with Crippen molar-refractivity contribution in [3.8, 4) is 17.2 Å². The van der Waals surface area contributed by atoms with Gasteiger partial charge in [-0.25, -0.2) is 23.2 Å². The van der Waals surface area contributed by atoms with Crippen LogP contribution in [-0.4, -0.2) is 53.0 Å². The summed E-state index contributed by atoms with van der Waals surface area (Å²) in [4.78, 5) is 29.8. The van der Waals surface area contributed by atoms with Crippen LogP contribution in [0.2, 0.25) is 0 Å². The molecule has 4 aromatic rings. The number of nitrogens with zero attached hydrogens (tertiary/aromatic N) is 6. The standard InChI is InChI=1S/C30H35FN6O3S/c1-8-41-23-11-9-10-21(16-23)37-28(38)35(17-32-37)27-25-20(4)34(29(39)40-30(5,6)7)13-12-24(25)33-36(27)22-14-18(2)26(31)19(3)15-22/h9-11,14-17,20H,8,12-13H2,1-7H3/t20-/m0/s1. The van der Waals surface area contributed by atoms with Gasteiger partial charge in [0.2, 0.25) is 0 Å². The molecule has 5 rings (SSSR count). The number of carbonyl (C=O) groups excluding carboxylic acids is 1. The largest absolute Gasteiger partial charge is 0.444 e. The smallest absolute Gasteiger partial charge is 0.410 e. The maximum absolute atomic E-state index is 14.6. The Morgan fingerprint density at radius 3 is 2.49 bits per heavy atom. The van der Waals surface area contributed by atoms with Crippen LogP contribution in [-0.2, 0) is 11.2 Å². The van der Waals surface area contributed by atoms with Crippen LogP contribution < -0.4 is 5.69 Å². The molecule has 216 valence electrons. The van der Waals surface area contributed by atoms with Crippen LogP contribution >= 0.6 is 11.8 Å². The maximum atomic E-state index is 14.6. The SMILES string of the molecule is CCSc1cccc(-n2ncn(-c3c4c(nn3-c3cc(C)c(F)c(C)c3)CCN(C(=O)OC(C)(C)C)[C@H]4C)c2=O)c1. The summed E-state index contributed by atoms with van der Waals surface area (Å²) in [6.45, 7) is 13.3. The number of carbonyl (C=O) groups is 1. The molecule has 9 nitrogen and oxygen atoms in total.